The van der Waals surface area contributed by atoms with E-state index in [1.54, 1.807) is 23.9 Å². The number of hydrazone groups is 1. The number of aromatic nitrogens is 1. The number of sulfonamides is 1. The molecule has 8 nitrogen and oxygen atoms in total. The maximum Gasteiger partial charge on any atom is 0.258 e. The zero-order valence-electron chi connectivity index (χ0n) is 25.3. The molecular formula is C33H35ClF2N6O2S2. The van der Waals surface area contributed by atoms with Crippen LogP contribution in [0.1, 0.15) is 62.2 Å². The topological polar surface area (TPSA) is 90.3 Å². The molecule has 4 atom stereocenters. The lowest BCUT2D eigenvalue weighted by Gasteiger charge is -2.36. The van der Waals surface area contributed by atoms with Gasteiger partial charge in [0.25, 0.3) is 10.0 Å². The second-order valence-electron chi connectivity index (χ2n) is 12.3. The molecule has 0 radical (unpaired) electrons. The van der Waals surface area contributed by atoms with Crippen LogP contribution in [0.4, 0.5) is 8.78 Å². The highest BCUT2D eigenvalue weighted by Crippen LogP contribution is 2.46. The van der Waals surface area contributed by atoms with Crippen LogP contribution in [0, 0.1) is 11.7 Å². The second kappa shape index (κ2) is 12.9. The van der Waals surface area contributed by atoms with Crippen LogP contribution < -0.4 is 4.72 Å². The molecule has 7 rings (SSSR count). The van der Waals surface area contributed by atoms with Gasteiger partial charge in [-0.2, -0.15) is 5.10 Å². The maximum atomic E-state index is 14.5. The van der Waals surface area contributed by atoms with Gasteiger partial charge in [-0.3, -0.25) is 10.0 Å². The van der Waals surface area contributed by atoms with Crippen LogP contribution in [-0.4, -0.2) is 66.0 Å². The van der Waals surface area contributed by atoms with Gasteiger partial charge in [-0.25, -0.2) is 26.9 Å². The second-order valence-corrected chi connectivity index (χ2v) is 15.5. The van der Waals surface area contributed by atoms with Crippen molar-refractivity contribution in [1.82, 2.24) is 19.6 Å². The predicted octanol–water partition coefficient (Wildman–Crippen LogP) is 6.71. The summed E-state index contributed by atoms with van der Waals surface area (Å²) in [6, 6.07) is 8.94. The van der Waals surface area contributed by atoms with Gasteiger partial charge in [-0.15, -0.1) is 11.8 Å². The van der Waals surface area contributed by atoms with E-state index in [0.717, 1.165) is 42.1 Å². The highest BCUT2D eigenvalue weighted by molar-refractivity contribution is 8.03. The van der Waals surface area contributed by atoms with E-state index < -0.39 is 28.2 Å². The van der Waals surface area contributed by atoms with E-state index in [4.69, 9.17) is 16.6 Å². The normalized spacial score (nSPS) is 25.2. The Hall–Kier alpha value is -3.06. The van der Waals surface area contributed by atoms with Crippen LogP contribution >= 0.6 is 23.4 Å². The molecule has 1 N–H and O–H groups in total. The molecular weight excluding hydrogens is 650 g/mol. The Kier molecular flexibility index (Phi) is 8.81. The molecule has 0 spiro atoms. The SMILES string of the molecule is CC(F)N1CC=CC(C2=C3C[C@H](CCNS(=O)(=O)c4cccc(C5CC5)n4)CN3C(C3CC=CS3)=N[C@H]2c2ccc(F)cc2Cl)=N1. The van der Waals surface area contributed by atoms with Crippen molar-refractivity contribution in [2.75, 3.05) is 19.6 Å². The molecule has 1 aliphatic carbocycles. The molecule has 0 bridgehead atoms. The zero-order chi connectivity index (χ0) is 32.0. The van der Waals surface area contributed by atoms with E-state index in [2.05, 4.69) is 31.2 Å². The van der Waals surface area contributed by atoms with Crippen molar-refractivity contribution in [1.29, 1.82) is 0 Å². The summed E-state index contributed by atoms with van der Waals surface area (Å²) in [5.74, 6) is 0.926. The van der Waals surface area contributed by atoms with Gasteiger partial charge in [0, 0.05) is 46.6 Å². The molecule has 1 saturated carbocycles. The number of halogens is 3. The van der Waals surface area contributed by atoms with Crippen LogP contribution in [0.5, 0.6) is 0 Å². The van der Waals surface area contributed by atoms with Gasteiger partial charge < -0.3 is 4.90 Å². The van der Waals surface area contributed by atoms with E-state index in [9.17, 15) is 17.2 Å². The number of nitrogens with one attached hydrogen (secondary N) is 1. The molecule has 2 fully saturated rings. The first kappa shape index (κ1) is 31.5. The van der Waals surface area contributed by atoms with Gasteiger partial charge >= 0.3 is 0 Å². The standard InChI is InChI=1S/C33H35ClF2N6O2S2/c1-20(35)42-15-3-6-27(40-42)31-28-17-21(13-14-37-46(43,44)30-8-2-5-26(38-30)22-9-10-22)19-41(28)33(29-7-4-16-45-29)39-32(31)24-12-11-23(36)18-25(24)34/h2-6,8,11-12,16,18,20-22,29,32,37H,7,9-10,13-15,17,19H2,1H3/t20?,21-,29?,32-/m0/s1. The Morgan fingerprint density at radius 2 is 2.04 bits per heavy atom. The van der Waals surface area contributed by atoms with Crippen LogP contribution in [0.15, 0.2) is 86.4 Å². The van der Waals surface area contributed by atoms with Crippen LogP contribution in [-0.2, 0) is 10.0 Å². The first-order chi connectivity index (χ1) is 22.2. The van der Waals surface area contributed by atoms with E-state index in [1.807, 2.05) is 18.2 Å². The highest BCUT2D eigenvalue weighted by atomic mass is 35.5. The Morgan fingerprint density at radius 3 is 2.78 bits per heavy atom. The van der Waals surface area contributed by atoms with Gasteiger partial charge in [-0.1, -0.05) is 35.9 Å². The number of fused-ring (bicyclic) bond motifs is 1. The van der Waals surface area contributed by atoms with Crippen molar-refractivity contribution in [3.05, 3.63) is 93.4 Å². The fourth-order valence-electron chi connectivity index (χ4n) is 6.48. The van der Waals surface area contributed by atoms with Crippen molar-refractivity contribution in [2.45, 2.75) is 67.6 Å². The van der Waals surface area contributed by atoms with Crippen LogP contribution in [0.2, 0.25) is 5.02 Å². The summed E-state index contributed by atoms with van der Waals surface area (Å²) in [6.07, 6.45) is 8.74. The number of thioether (sulfide) groups is 1. The number of nitrogens with zero attached hydrogens (tertiary/aromatic N) is 5. The Balaban J connectivity index is 1.20. The Bertz CT molecular complexity index is 1780. The predicted molar refractivity (Wildman–Crippen MR) is 178 cm³/mol. The van der Waals surface area contributed by atoms with Crippen molar-refractivity contribution in [2.24, 2.45) is 16.0 Å². The van der Waals surface area contributed by atoms with E-state index in [0.29, 0.717) is 43.1 Å². The first-order valence-electron chi connectivity index (χ1n) is 15.6. The molecule has 1 saturated heterocycles. The van der Waals surface area contributed by atoms with Gasteiger partial charge in [0.15, 0.2) is 11.3 Å². The minimum atomic E-state index is -3.76. The number of benzene rings is 1. The van der Waals surface area contributed by atoms with Crippen molar-refractivity contribution >= 4 is 44.9 Å². The summed E-state index contributed by atoms with van der Waals surface area (Å²) in [4.78, 5) is 11.9. The monoisotopic (exact) mass is 684 g/mol. The summed E-state index contributed by atoms with van der Waals surface area (Å²) < 4.78 is 57.7. The third kappa shape index (κ3) is 6.41. The number of amidine groups is 1. The quantitative estimate of drug-likeness (QED) is 0.280. The van der Waals surface area contributed by atoms with Crippen molar-refractivity contribution < 1.29 is 17.2 Å². The molecule has 46 heavy (non-hydrogen) atoms. The van der Waals surface area contributed by atoms with Crippen molar-refractivity contribution in [3.63, 3.8) is 0 Å². The third-order valence-corrected chi connectivity index (χ3v) is 11.7. The molecule has 242 valence electrons. The minimum Gasteiger partial charge on any atom is -0.332 e. The van der Waals surface area contributed by atoms with Crippen LogP contribution in [0.3, 0.4) is 0 Å². The van der Waals surface area contributed by atoms with Gasteiger partial charge in [0.2, 0.25) is 0 Å². The molecule has 2 unspecified atom stereocenters. The van der Waals surface area contributed by atoms with E-state index >= 15 is 0 Å². The average molecular weight is 685 g/mol. The first-order valence-corrected chi connectivity index (χ1v) is 18.4. The number of alkyl halides is 1. The van der Waals surface area contributed by atoms with Gasteiger partial charge in [0.1, 0.15) is 17.7 Å². The molecule has 13 heteroatoms. The highest BCUT2D eigenvalue weighted by Gasteiger charge is 2.42. The number of hydrogen-bond donors (Lipinski definition) is 1. The number of rotatable bonds is 10. The summed E-state index contributed by atoms with van der Waals surface area (Å²) in [5, 5.41) is 8.56. The third-order valence-electron chi connectivity index (χ3n) is 8.96. The Labute approximate surface area is 277 Å². The number of hydrogen-bond acceptors (Lipinski definition) is 8. The minimum absolute atomic E-state index is 0.0543. The van der Waals surface area contributed by atoms with Gasteiger partial charge in [0.05, 0.1) is 17.5 Å². The molecule has 5 aliphatic rings. The molecule has 0 amide bonds. The lowest BCUT2D eigenvalue weighted by molar-refractivity contribution is 0.114. The maximum absolute atomic E-state index is 14.5. The summed E-state index contributed by atoms with van der Waals surface area (Å²) in [5.41, 5.74) is 3.88. The Morgan fingerprint density at radius 1 is 1.20 bits per heavy atom. The molecule has 5 heterocycles. The lowest BCUT2D eigenvalue weighted by atomic mass is 9.89. The van der Waals surface area contributed by atoms with E-state index in [-0.39, 0.29) is 27.8 Å². The lowest BCUT2D eigenvalue weighted by Crippen LogP contribution is -2.40. The van der Waals surface area contributed by atoms with Gasteiger partial charge in [-0.05, 0) is 80.7 Å². The fourth-order valence-corrected chi connectivity index (χ4v) is 8.71. The van der Waals surface area contributed by atoms with Crippen molar-refractivity contribution in [3.8, 4) is 0 Å². The van der Waals surface area contributed by atoms with Crippen LogP contribution in [0.25, 0.3) is 0 Å². The number of aliphatic imine (C=N–C) groups is 1. The summed E-state index contributed by atoms with van der Waals surface area (Å²) in [6.45, 7) is 2.70. The zero-order valence-corrected chi connectivity index (χ0v) is 27.7. The van der Waals surface area contributed by atoms with E-state index in [1.165, 1.54) is 30.1 Å². The summed E-state index contributed by atoms with van der Waals surface area (Å²) in [7, 11) is -3.76. The molecule has 1 aromatic heterocycles. The molecule has 4 aliphatic heterocycles. The smallest absolute Gasteiger partial charge is 0.258 e. The molecule has 1 aromatic carbocycles. The number of pyridine rings is 1. The average Bonchev–Trinajstić information content (AvgIpc) is 3.58. The fraction of sp³-hybridized carbons (Fsp3) is 0.424. The molecule has 2 aromatic rings. The largest absolute Gasteiger partial charge is 0.332 e. The number of allylic oxidation sites excluding steroid dienone is 3. The summed E-state index contributed by atoms with van der Waals surface area (Å²) >= 11 is 8.36.